The minimum atomic E-state index is -0.338. The van der Waals surface area contributed by atoms with E-state index in [4.69, 9.17) is 0 Å². The van der Waals surface area contributed by atoms with Crippen LogP contribution in [-0.2, 0) is 19.9 Å². The van der Waals surface area contributed by atoms with Crippen molar-refractivity contribution in [2.24, 2.45) is 7.05 Å². The first-order chi connectivity index (χ1) is 12.7. The lowest BCUT2D eigenvalue weighted by Gasteiger charge is -2.16. The zero-order valence-electron chi connectivity index (χ0n) is 14.8. The van der Waals surface area contributed by atoms with Crippen molar-refractivity contribution in [2.75, 3.05) is 6.61 Å². The van der Waals surface area contributed by atoms with Gasteiger partial charge in [-0.05, 0) is 17.5 Å². The van der Waals surface area contributed by atoms with Crippen molar-refractivity contribution in [1.82, 2.24) is 15.1 Å². The molecule has 0 radical (unpaired) electrons. The summed E-state index contributed by atoms with van der Waals surface area (Å²) < 4.78 is 1.73. The quantitative estimate of drug-likeness (QED) is 0.688. The van der Waals surface area contributed by atoms with Crippen LogP contribution in [0, 0.1) is 0 Å². The van der Waals surface area contributed by atoms with E-state index in [0.717, 1.165) is 16.8 Å². The Hall–Kier alpha value is -2.92. The normalized spacial score (nSPS) is 11.9. The molecule has 0 saturated carbocycles. The van der Waals surface area contributed by atoms with Crippen LogP contribution in [0.2, 0.25) is 0 Å². The number of aromatic nitrogens is 2. The lowest BCUT2D eigenvalue weighted by atomic mass is 10.0. The van der Waals surface area contributed by atoms with Crippen LogP contribution in [0.15, 0.2) is 66.9 Å². The molecule has 1 aromatic heterocycles. The molecule has 0 fully saturated rings. The molecule has 2 N–H and O–H groups in total. The molecule has 3 rings (SSSR count). The van der Waals surface area contributed by atoms with Crippen LogP contribution in [0.3, 0.4) is 0 Å². The highest BCUT2D eigenvalue weighted by Gasteiger charge is 2.19. The van der Waals surface area contributed by atoms with E-state index in [1.165, 1.54) is 0 Å². The Morgan fingerprint density at radius 3 is 2.31 bits per heavy atom. The molecule has 0 aliphatic carbocycles. The highest BCUT2D eigenvalue weighted by atomic mass is 16.3. The number of nitrogens with zero attached hydrogens (tertiary/aromatic N) is 2. The second-order valence-electron chi connectivity index (χ2n) is 6.33. The van der Waals surface area contributed by atoms with Gasteiger partial charge in [-0.25, -0.2) is 0 Å². The van der Waals surface area contributed by atoms with Crippen LogP contribution in [0.4, 0.5) is 0 Å². The van der Waals surface area contributed by atoms with Gasteiger partial charge in [-0.2, -0.15) is 5.10 Å². The third-order valence-electron chi connectivity index (χ3n) is 4.40. The van der Waals surface area contributed by atoms with Crippen molar-refractivity contribution in [3.63, 3.8) is 0 Å². The molecule has 134 valence electrons. The fourth-order valence-corrected chi connectivity index (χ4v) is 2.97. The Balaban J connectivity index is 1.73. The number of aryl methyl sites for hydroxylation is 1. The predicted molar refractivity (Wildman–Crippen MR) is 101 cm³/mol. The Morgan fingerprint density at radius 2 is 1.69 bits per heavy atom. The number of aliphatic hydroxyl groups is 1. The molecule has 1 unspecified atom stereocenters. The summed E-state index contributed by atoms with van der Waals surface area (Å²) in [6.45, 7) is -0.116. The largest absolute Gasteiger partial charge is 0.394 e. The summed E-state index contributed by atoms with van der Waals surface area (Å²) in [5.74, 6) is -0.209. The molecule has 5 nitrogen and oxygen atoms in total. The molecule has 1 atom stereocenters. The smallest absolute Gasteiger partial charge is 0.255 e. The van der Waals surface area contributed by atoms with Crippen LogP contribution < -0.4 is 5.32 Å². The molecule has 1 heterocycles. The van der Waals surface area contributed by atoms with Crippen LogP contribution in [0.25, 0.3) is 0 Å². The van der Waals surface area contributed by atoms with Crippen molar-refractivity contribution in [3.05, 3.63) is 89.2 Å². The summed E-state index contributed by atoms with van der Waals surface area (Å²) in [5.41, 5.74) is 3.59. The maximum atomic E-state index is 12.8. The number of carbonyl (C=O) groups excluding carboxylic acids is 1. The number of rotatable bonds is 7. The minimum absolute atomic E-state index is 0.116. The van der Waals surface area contributed by atoms with Gasteiger partial charge in [-0.15, -0.1) is 0 Å². The van der Waals surface area contributed by atoms with E-state index in [0.29, 0.717) is 18.4 Å². The van der Waals surface area contributed by atoms with Gasteiger partial charge < -0.3 is 10.4 Å². The Morgan fingerprint density at radius 1 is 1.08 bits per heavy atom. The van der Waals surface area contributed by atoms with E-state index in [1.54, 1.807) is 10.9 Å². The topological polar surface area (TPSA) is 67.2 Å². The number of nitrogens with one attached hydrogen (secondary N) is 1. The highest BCUT2D eigenvalue weighted by Crippen LogP contribution is 2.14. The molecule has 1 amide bonds. The highest BCUT2D eigenvalue weighted by molar-refractivity contribution is 5.95. The standard InChI is InChI=1S/C21H23N3O2/c1-24-20(13-17-10-6-3-7-11-17)19(14-22-24)21(26)23-18(15-25)12-16-8-4-2-5-9-16/h2-11,14,18,25H,12-13,15H2,1H3,(H,23,26). The van der Waals surface area contributed by atoms with E-state index >= 15 is 0 Å². The summed E-state index contributed by atoms with van der Waals surface area (Å²) in [6.07, 6.45) is 2.80. The van der Waals surface area contributed by atoms with Gasteiger partial charge >= 0.3 is 0 Å². The molecule has 0 saturated heterocycles. The number of amides is 1. The fraction of sp³-hybridized carbons (Fsp3) is 0.238. The lowest BCUT2D eigenvalue weighted by Crippen LogP contribution is -2.39. The van der Waals surface area contributed by atoms with Crippen LogP contribution in [0.1, 0.15) is 27.2 Å². The third-order valence-corrected chi connectivity index (χ3v) is 4.40. The van der Waals surface area contributed by atoms with Crippen molar-refractivity contribution >= 4 is 5.91 Å². The van der Waals surface area contributed by atoms with Crippen molar-refractivity contribution in [2.45, 2.75) is 18.9 Å². The predicted octanol–water partition coefficient (Wildman–Crippen LogP) is 2.34. The molecule has 26 heavy (non-hydrogen) atoms. The molecular formula is C21H23N3O2. The average molecular weight is 349 g/mol. The Labute approximate surface area is 153 Å². The fourth-order valence-electron chi connectivity index (χ4n) is 2.97. The van der Waals surface area contributed by atoms with Crippen molar-refractivity contribution in [3.8, 4) is 0 Å². The van der Waals surface area contributed by atoms with E-state index in [9.17, 15) is 9.90 Å². The first-order valence-corrected chi connectivity index (χ1v) is 8.68. The Kier molecular flexibility index (Phi) is 5.81. The molecule has 0 bridgehead atoms. The van der Waals surface area contributed by atoms with E-state index in [1.807, 2.05) is 67.7 Å². The van der Waals surface area contributed by atoms with E-state index in [2.05, 4.69) is 10.4 Å². The second kappa shape index (κ2) is 8.45. The first kappa shape index (κ1) is 17.9. The SMILES string of the molecule is Cn1ncc(C(=O)NC(CO)Cc2ccccc2)c1Cc1ccccc1. The summed E-state index contributed by atoms with van der Waals surface area (Å²) >= 11 is 0. The summed E-state index contributed by atoms with van der Waals surface area (Å²) in [4.78, 5) is 12.8. The number of aliphatic hydroxyl groups excluding tert-OH is 1. The molecule has 0 aliphatic heterocycles. The van der Waals surface area contributed by atoms with Crippen molar-refractivity contribution < 1.29 is 9.90 Å². The number of benzene rings is 2. The summed E-state index contributed by atoms with van der Waals surface area (Å²) in [6, 6.07) is 19.5. The van der Waals surface area contributed by atoms with Crippen LogP contribution in [-0.4, -0.2) is 33.4 Å². The van der Waals surface area contributed by atoms with Gasteiger partial charge in [0.1, 0.15) is 0 Å². The monoisotopic (exact) mass is 349 g/mol. The maximum absolute atomic E-state index is 12.8. The van der Waals surface area contributed by atoms with Crippen molar-refractivity contribution in [1.29, 1.82) is 0 Å². The van der Waals surface area contributed by atoms with Gasteiger partial charge in [0.25, 0.3) is 5.91 Å². The maximum Gasteiger partial charge on any atom is 0.255 e. The zero-order valence-corrected chi connectivity index (χ0v) is 14.8. The molecular weight excluding hydrogens is 326 g/mol. The average Bonchev–Trinajstić information content (AvgIpc) is 3.03. The summed E-state index contributed by atoms with van der Waals surface area (Å²) in [7, 11) is 1.84. The minimum Gasteiger partial charge on any atom is -0.394 e. The lowest BCUT2D eigenvalue weighted by molar-refractivity contribution is 0.0915. The van der Waals surface area contributed by atoms with Gasteiger partial charge in [-0.1, -0.05) is 60.7 Å². The molecule has 3 aromatic rings. The molecule has 2 aromatic carbocycles. The van der Waals surface area contributed by atoms with Crippen LogP contribution >= 0.6 is 0 Å². The Bertz CT molecular complexity index is 844. The number of carbonyl (C=O) groups is 1. The van der Waals surface area contributed by atoms with Gasteiger partial charge in [0.2, 0.25) is 0 Å². The first-order valence-electron chi connectivity index (χ1n) is 8.68. The van der Waals surface area contributed by atoms with Crippen LogP contribution in [0.5, 0.6) is 0 Å². The van der Waals surface area contributed by atoms with Gasteiger partial charge in [0, 0.05) is 13.5 Å². The second-order valence-corrected chi connectivity index (χ2v) is 6.33. The number of hydrogen-bond donors (Lipinski definition) is 2. The molecule has 0 spiro atoms. The van der Waals surface area contributed by atoms with E-state index < -0.39 is 0 Å². The molecule has 0 aliphatic rings. The van der Waals surface area contributed by atoms with Gasteiger partial charge in [-0.3, -0.25) is 9.48 Å². The summed E-state index contributed by atoms with van der Waals surface area (Å²) in [5, 5.41) is 16.8. The van der Waals surface area contributed by atoms with Gasteiger partial charge in [0.05, 0.1) is 30.1 Å². The van der Waals surface area contributed by atoms with E-state index in [-0.39, 0.29) is 18.6 Å². The number of hydrogen-bond acceptors (Lipinski definition) is 3. The van der Waals surface area contributed by atoms with Gasteiger partial charge in [0.15, 0.2) is 0 Å². The molecule has 5 heteroatoms. The third kappa shape index (κ3) is 4.37. The zero-order chi connectivity index (χ0) is 18.4.